The van der Waals surface area contributed by atoms with Gasteiger partial charge in [-0.15, -0.1) is 0 Å². The maximum Gasteiger partial charge on any atom is 0.409 e. The van der Waals surface area contributed by atoms with Gasteiger partial charge < -0.3 is 19.4 Å². The minimum absolute atomic E-state index is 0.139. The van der Waals surface area contributed by atoms with Crippen molar-refractivity contribution in [1.29, 1.82) is 0 Å². The predicted molar refractivity (Wildman–Crippen MR) is 101 cm³/mol. The van der Waals surface area contributed by atoms with Crippen LogP contribution in [0.15, 0.2) is 0 Å². The van der Waals surface area contributed by atoms with Gasteiger partial charge in [-0.05, 0) is 57.2 Å². The Morgan fingerprint density at radius 3 is 2.48 bits per heavy atom. The number of nitrogens with zero attached hydrogens (tertiary/aromatic N) is 1. The highest BCUT2D eigenvalue weighted by Crippen LogP contribution is 2.38. The third-order valence-corrected chi connectivity index (χ3v) is 10.1. The zero-order valence-corrected chi connectivity index (χ0v) is 18.0. The molecular weight excluding hydrogens is 338 g/mol. The predicted octanol–water partition coefficient (Wildman–Crippen LogP) is 3.90. The van der Waals surface area contributed by atoms with Crippen molar-refractivity contribution < 1.29 is 24.2 Å². The van der Waals surface area contributed by atoms with E-state index in [1.807, 2.05) is 0 Å². The molecule has 0 saturated carbocycles. The molecule has 0 aromatic heterocycles. The minimum Gasteiger partial charge on any atom is -0.465 e. The number of carboxylic acid groups (broad SMARTS) is 1. The Labute approximate surface area is 153 Å². The van der Waals surface area contributed by atoms with Crippen LogP contribution in [0.2, 0.25) is 18.1 Å². The fraction of sp³-hybridized carbons (Fsp3) is 0.944. The Balaban J connectivity index is 2.78. The topological polar surface area (TPSA) is 79.2 Å². The molecule has 0 aromatic rings. The first-order chi connectivity index (χ1) is 11.3. The molecule has 1 heterocycles. The monoisotopic (exact) mass is 375 g/mol. The molecule has 25 heavy (non-hydrogen) atoms. The van der Waals surface area contributed by atoms with Crippen LogP contribution in [0.1, 0.15) is 53.9 Å². The standard InChI is InChI=1S/C18H37NO5Si/c1-17(2,3)25(6,7)24-12-14(9-8-10-20)11-15-13-23-18(4,5)19(15)16(21)22/h14-15,20H,8-13H2,1-7H3,(H,21,22)/t14-,15?/m1/s1. The van der Waals surface area contributed by atoms with E-state index in [2.05, 4.69) is 33.9 Å². The van der Waals surface area contributed by atoms with Crippen LogP contribution in [0.25, 0.3) is 0 Å². The Morgan fingerprint density at radius 1 is 1.40 bits per heavy atom. The summed E-state index contributed by atoms with van der Waals surface area (Å²) in [5.41, 5.74) is -0.793. The normalized spacial score (nSPS) is 22.2. The van der Waals surface area contributed by atoms with E-state index in [9.17, 15) is 15.0 Å². The first-order valence-electron chi connectivity index (χ1n) is 9.23. The van der Waals surface area contributed by atoms with Crippen molar-refractivity contribution in [3.63, 3.8) is 0 Å². The van der Waals surface area contributed by atoms with Crippen molar-refractivity contribution in [3.8, 4) is 0 Å². The second-order valence-electron chi connectivity index (χ2n) is 9.10. The van der Waals surface area contributed by atoms with Crippen LogP contribution in [-0.4, -0.2) is 61.1 Å². The van der Waals surface area contributed by atoms with Gasteiger partial charge in [-0.1, -0.05) is 20.8 Å². The lowest BCUT2D eigenvalue weighted by Gasteiger charge is -2.38. The molecule has 0 radical (unpaired) electrons. The van der Waals surface area contributed by atoms with Gasteiger partial charge in [-0.25, -0.2) is 4.79 Å². The van der Waals surface area contributed by atoms with E-state index in [0.717, 1.165) is 6.42 Å². The van der Waals surface area contributed by atoms with E-state index in [4.69, 9.17) is 9.16 Å². The molecule has 0 aromatic carbocycles. The molecular formula is C18H37NO5Si. The van der Waals surface area contributed by atoms with Crippen LogP contribution >= 0.6 is 0 Å². The summed E-state index contributed by atoms with van der Waals surface area (Å²) < 4.78 is 12.1. The Hall–Kier alpha value is -0.633. The molecule has 1 unspecified atom stereocenters. The van der Waals surface area contributed by atoms with E-state index in [0.29, 0.717) is 26.1 Å². The Kier molecular flexibility index (Phi) is 7.50. The smallest absolute Gasteiger partial charge is 0.409 e. The number of aliphatic hydroxyl groups excluding tert-OH is 1. The second-order valence-corrected chi connectivity index (χ2v) is 13.9. The molecule has 2 atom stereocenters. The minimum atomic E-state index is -1.85. The van der Waals surface area contributed by atoms with E-state index >= 15 is 0 Å². The molecule has 148 valence electrons. The maximum atomic E-state index is 11.7. The average molecular weight is 376 g/mol. The van der Waals surface area contributed by atoms with Gasteiger partial charge in [0, 0.05) is 13.2 Å². The number of rotatable bonds is 8. The highest BCUT2D eigenvalue weighted by molar-refractivity contribution is 6.74. The van der Waals surface area contributed by atoms with Gasteiger partial charge >= 0.3 is 6.09 Å². The van der Waals surface area contributed by atoms with Crippen molar-refractivity contribution in [3.05, 3.63) is 0 Å². The molecule has 1 aliphatic heterocycles. The van der Waals surface area contributed by atoms with E-state index in [1.54, 1.807) is 13.8 Å². The largest absolute Gasteiger partial charge is 0.465 e. The van der Waals surface area contributed by atoms with Gasteiger partial charge in [-0.2, -0.15) is 0 Å². The third kappa shape index (κ3) is 5.94. The van der Waals surface area contributed by atoms with E-state index in [1.165, 1.54) is 4.90 Å². The van der Waals surface area contributed by atoms with Crippen molar-refractivity contribution >= 4 is 14.4 Å². The molecule has 0 aliphatic carbocycles. The van der Waals surface area contributed by atoms with Crippen molar-refractivity contribution in [2.75, 3.05) is 19.8 Å². The number of hydrogen-bond acceptors (Lipinski definition) is 4. The second kappa shape index (κ2) is 8.37. The zero-order chi connectivity index (χ0) is 19.5. The van der Waals surface area contributed by atoms with E-state index < -0.39 is 20.1 Å². The lowest BCUT2D eigenvalue weighted by Crippen LogP contribution is -2.48. The lowest BCUT2D eigenvalue weighted by molar-refractivity contribution is -0.0427. The average Bonchev–Trinajstić information content (AvgIpc) is 2.75. The summed E-state index contributed by atoms with van der Waals surface area (Å²) in [5.74, 6) is 0.214. The molecule has 0 spiro atoms. The molecule has 2 N–H and O–H groups in total. The summed E-state index contributed by atoms with van der Waals surface area (Å²) >= 11 is 0. The third-order valence-electron chi connectivity index (χ3n) is 5.64. The molecule has 1 aliphatic rings. The first-order valence-corrected chi connectivity index (χ1v) is 12.1. The molecule has 1 rings (SSSR count). The van der Waals surface area contributed by atoms with Crippen molar-refractivity contribution in [1.82, 2.24) is 4.90 Å². The highest BCUT2D eigenvalue weighted by Gasteiger charge is 2.45. The van der Waals surface area contributed by atoms with Crippen molar-refractivity contribution in [2.24, 2.45) is 5.92 Å². The van der Waals surface area contributed by atoms with Crippen LogP contribution in [0, 0.1) is 5.92 Å². The Bertz CT molecular complexity index is 447. The van der Waals surface area contributed by atoms with Crippen LogP contribution in [0.3, 0.4) is 0 Å². The van der Waals surface area contributed by atoms with Gasteiger partial charge in [0.2, 0.25) is 0 Å². The molecule has 7 heteroatoms. The molecule has 1 saturated heterocycles. The number of aliphatic hydroxyl groups is 1. The number of hydrogen-bond donors (Lipinski definition) is 2. The maximum absolute atomic E-state index is 11.7. The van der Waals surface area contributed by atoms with Crippen molar-refractivity contribution in [2.45, 2.75) is 83.8 Å². The van der Waals surface area contributed by atoms with Crippen LogP contribution < -0.4 is 0 Å². The fourth-order valence-electron chi connectivity index (χ4n) is 3.02. The number of ether oxygens (including phenoxy) is 1. The molecule has 1 fully saturated rings. The van der Waals surface area contributed by atoms with Crippen LogP contribution in [0.5, 0.6) is 0 Å². The van der Waals surface area contributed by atoms with Crippen LogP contribution in [-0.2, 0) is 9.16 Å². The quantitative estimate of drug-likeness (QED) is 0.629. The van der Waals surface area contributed by atoms with Gasteiger partial charge in [0.25, 0.3) is 0 Å². The molecule has 1 amide bonds. The lowest BCUT2D eigenvalue weighted by atomic mass is 9.95. The SMILES string of the molecule is CC1(C)OCC(C[C@@H](CCCO)CO[Si](C)(C)C(C)(C)C)N1C(=O)O. The summed E-state index contributed by atoms with van der Waals surface area (Å²) in [6, 6.07) is -0.167. The molecule has 0 bridgehead atoms. The fourth-order valence-corrected chi connectivity index (χ4v) is 4.11. The highest BCUT2D eigenvalue weighted by atomic mass is 28.4. The molecule has 6 nitrogen and oxygen atoms in total. The van der Waals surface area contributed by atoms with Gasteiger partial charge in [0.05, 0.1) is 12.6 Å². The number of carbonyl (C=O) groups is 1. The summed E-state index contributed by atoms with van der Waals surface area (Å²) in [7, 11) is -1.85. The Morgan fingerprint density at radius 2 is 2.00 bits per heavy atom. The number of amides is 1. The summed E-state index contributed by atoms with van der Waals surface area (Å²) in [6.45, 7) is 15.8. The van der Waals surface area contributed by atoms with Gasteiger partial charge in [0.15, 0.2) is 8.32 Å². The summed E-state index contributed by atoms with van der Waals surface area (Å²) in [4.78, 5) is 13.1. The zero-order valence-electron chi connectivity index (χ0n) is 17.0. The summed E-state index contributed by atoms with van der Waals surface area (Å²) in [6.07, 6.45) is 1.29. The summed E-state index contributed by atoms with van der Waals surface area (Å²) in [5, 5.41) is 18.9. The van der Waals surface area contributed by atoms with Gasteiger partial charge in [0.1, 0.15) is 5.72 Å². The van der Waals surface area contributed by atoms with Crippen LogP contribution in [0.4, 0.5) is 4.79 Å². The van der Waals surface area contributed by atoms with Gasteiger partial charge in [-0.3, -0.25) is 4.90 Å². The first kappa shape index (κ1) is 22.4. The van der Waals surface area contributed by atoms with E-state index in [-0.39, 0.29) is 23.6 Å².